The monoisotopic (exact) mass is 375 g/mol. The van der Waals surface area contributed by atoms with Gasteiger partial charge in [-0.1, -0.05) is 6.92 Å². The molecule has 0 spiro atoms. The molecule has 0 aliphatic carbocycles. The molecule has 0 atom stereocenters. The largest absolute Gasteiger partial charge is 0.481 e. The normalized spacial score (nSPS) is 12.7. The van der Waals surface area contributed by atoms with Crippen molar-refractivity contribution in [3.05, 3.63) is 0 Å². The molecule has 0 unspecified atom stereocenters. The van der Waals surface area contributed by atoms with Crippen LogP contribution in [-0.4, -0.2) is 53.7 Å². The van der Waals surface area contributed by atoms with Crippen molar-refractivity contribution in [2.75, 3.05) is 19.8 Å². The molecule has 7 heteroatoms. The Morgan fingerprint density at radius 3 is 1.96 bits per heavy atom. The minimum atomic E-state index is -0.869. The van der Waals surface area contributed by atoms with Crippen LogP contribution in [0.5, 0.6) is 0 Å². The molecule has 0 radical (unpaired) electrons. The Hall–Kier alpha value is -1.34. The van der Waals surface area contributed by atoms with Crippen molar-refractivity contribution in [3.63, 3.8) is 0 Å². The summed E-state index contributed by atoms with van der Waals surface area (Å²) in [5, 5.41) is 11.4. The number of carboxylic acids is 1. The first kappa shape index (κ1) is 24.7. The van der Waals surface area contributed by atoms with E-state index in [1.807, 2.05) is 48.5 Å². The maximum atomic E-state index is 11.8. The van der Waals surface area contributed by atoms with Crippen LogP contribution in [0.2, 0.25) is 0 Å². The predicted molar refractivity (Wildman–Crippen MR) is 100 cm³/mol. The summed E-state index contributed by atoms with van der Waals surface area (Å²) in [6.07, 6.45) is 1.62. The number of rotatable bonds is 13. The number of carboxylic acid groups (broad SMARTS) is 1. The number of hydrogen-bond donors (Lipinski definition) is 2. The van der Waals surface area contributed by atoms with E-state index in [0.29, 0.717) is 26.0 Å². The van der Waals surface area contributed by atoms with E-state index in [2.05, 4.69) is 5.32 Å². The van der Waals surface area contributed by atoms with Crippen LogP contribution in [0.4, 0.5) is 4.79 Å². The van der Waals surface area contributed by atoms with Gasteiger partial charge in [-0.3, -0.25) is 4.79 Å². The lowest BCUT2D eigenvalue weighted by atomic mass is 10.0. The van der Waals surface area contributed by atoms with Crippen molar-refractivity contribution in [2.45, 2.75) is 91.0 Å². The summed E-state index contributed by atoms with van der Waals surface area (Å²) in [6.45, 7) is 14.6. The number of hydrogen-bond acceptors (Lipinski definition) is 5. The van der Waals surface area contributed by atoms with Gasteiger partial charge in [0, 0.05) is 6.54 Å². The first-order valence-corrected chi connectivity index (χ1v) is 9.25. The summed E-state index contributed by atoms with van der Waals surface area (Å²) < 4.78 is 16.8. The van der Waals surface area contributed by atoms with Crippen LogP contribution in [0.15, 0.2) is 0 Å². The van der Waals surface area contributed by atoms with Crippen molar-refractivity contribution in [3.8, 4) is 0 Å². The fraction of sp³-hybridized carbons (Fsp3) is 0.895. The second-order valence-electron chi connectivity index (χ2n) is 8.29. The van der Waals surface area contributed by atoms with E-state index >= 15 is 0 Å². The van der Waals surface area contributed by atoms with E-state index in [1.54, 1.807) is 0 Å². The van der Waals surface area contributed by atoms with Gasteiger partial charge in [-0.05, 0) is 60.8 Å². The maximum absolute atomic E-state index is 11.8. The van der Waals surface area contributed by atoms with Crippen LogP contribution in [-0.2, 0) is 19.0 Å². The van der Waals surface area contributed by atoms with Gasteiger partial charge in [0.05, 0.1) is 30.8 Å². The van der Waals surface area contributed by atoms with E-state index in [9.17, 15) is 9.59 Å². The zero-order valence-corrected chi connectivity index (χ0v) is 17.4. The van der Waals surface area contributed by atoms with Gasteiger partial charge < -0.3 is 24.6 Å². The van der Waals surface area contributed by atoms with Gasteiger partial charge in [-0.15, -0.1) is 0 Å². The van der Waals surface area contributed by atoms with Gasteiger partial charge >= 0.3 is 12.1 Å². The molecule has 7 nitrogen and oxygen atoms in total. The van der Waals surface area contributed by atoms with Crippen LogP contribution in [0.1, 0.15) is 74.1 Å². The maximum Gasteiger partial charge on any atom is 0.407 e. The molecule has 0 saturated carbocycles. The minimum Gasteiger partial charge on any atom is -0.481 e. The van der Waals surface area contributed by atoms with Crippen LogP contribution in [0.25, 0.3) is 0 Å². The Balaban J connectivity index is 4.07. The number of aliphatic carboxylic acids is 1. The molecule has 0 aromatic rings. The van der Waals surface area contributed by atoms with Gasteiger partial charge in [0.1, 0.15) is 5.60 Å². The molecule has 0 fully saturated rings. The van der Waals surface area contributed by atoms with Gasteiger partial charge in [0.25, 0.3) is 0 Å². The Morgan fingerprint density at radius 1 is 0.885 bits per heavy atom. The van der Waals surface area contributed by atoms with Crippen molar-refractivity contribution in [1.82, 2.24) is 5.32 Å². The second-order valence-corrected chi connectivity index (χ2v) is 8.29. The molecular weight excluding hydrogens is 338 g/mol. The molecule has 0 aliphatic heterocycles. The summed E-state index contributed by atoms with van der Waals surface area (Å²) in [5.41, 5.74) is -1.31. The standard InChI is InChI=1S/C19H37NO6/c1-8-17(2,3)26-16(23)20-12-10-18(4,5)25-14-11-19(6,7)24-13-9-15(21)22/h8-14H2,1-7H3,(H,20,23)(H,21,22). The molecule has 0 aromatic carbocycles. The quantitative estimate of drug-likeness (QED) is 0.509. The summed E-state index contributed by atoms with van der Waals surface area (Å²) in [4.78, 5) is 22.3. The SMILES string of the molecule is CCC(C)(C)OC(=O)NCCC(C)(C)OCCC(C)(C)OCCC(=O)O. The molecular formula is C19H37NO6. The molecule has 0 heterocycles. The molecule has 0 saturated heterocycles. The Bertz CT molecular complexity index is 445. The highest BCUT2D eigenvalue weighted by Crippen LogP contribution is 2.19. The molecule has 1 amide bonds. The second kappa shape index (κ2) is 10.7. The van der Waals surface area contributed by atoms with Crippen molar-refractivity contribution < 1.29 is 28.9 Å². The fourth-order valence-electron chi connectivity index (χ4n) is 1.96. The van der Waals surface area contributed by atoms with E-state index < -0.39 is 28.9 Å². The van der Waals surface area contributed by atoms with E-state index in [0.717, 1.165) is 6.42 Å². The smallest absolute Gasteiger partial charge is 0.407 e. The number of carbonyl (C=O) groups is 2. The molecule has 0 rings (SSSR count). The average molecular weight is 376 g/mol. The lowest BCUT2D eigenvalue weighted by Crippen LogP contribution is -2.38. The van der Waals surface area contributed by atoms with Gasteiger partial charge in [0.2, 0.25) is 0 Å². The zero-order chi connectivity index (χ0) is 20.4. The predicted octanol–water partition coefficient (Wildman–Crippen LogP) is 3.75. The van der Waals surface area contributed by atoms with Crippen molar-refractivity contribution in [2.24, 2.45) is 0 Å². The molecule has 26 heavy (non-hydrogen) atoms. The number of ether oxygens (including phenoxy) is 3. The summed E-state index contributed by atoms with van der Waals surface area (Å²) in [6, 6.07) is 0. The highest BCUT2D eigenvalue weighted by molar-refractivity contribution is 5.67. The molecule has 2 N–H and O–H groups in total. The van der Waals surface area contributed by atoms with Crippen LogP contribution >= 0.6 is 0 Å². The lowest BCUT2D eigenvalue weighted by Gasteiger charge is -2.30. The minimum absolute atomic E-state index is 0.00755. The van der Waals surface area contributed by atoms with Gasteiger partial charge in [0.15, 0.2) is 0 Å². The number of carbonyl (C=O) groups excluding carboxylic acids is 1. The lowest BCUT2D eigenvalue weighted by molar-refractivity contribution is -0.140. The summed E-state index contributed by atoms with van der Waals surface area (Å²) in [7, 11) is 0. The number of alkyl carbamates (subject to hydrolysis) is 1. The van der Waals surface area contributed by atoms with Crippen LogP contribution in [0, 0.1) is 0 Å². The third kappa shape index (κ3) is 12.9. The first-order valence-electron chi connectivity index (χ1n) is 9.25. The highest BCUT2D eigenvalue weighted by Gasteiger charge is 2.24. The molecule has 0 aliphatic rings. The topological polar surface area (TPSA) is 94.1 Å². The van der Waals surface area contributed by atoms with Crippen molar-refractivity contribution in [1.29, 1.82) is 0 Å². The van der Waals surface area contributed by atoms with Crippen LogP contribution in [0.3, 0.4) is 0 Å². The van der Waals surface area contributed by atoms with Gasteiger partial charge in [-0.25, -0.2) is 4.79 Å². The highest BCUT2D eigenvalue weighted by atomic mass is 16.6. The summed E-state index contributed by atoms with van der Waals surface area (Å²) in [5.74, 6) is -0.869. The van der Waals surface area contributed by atoms with Crippen LogP contribution < -0.4 is 5.32 Å². The third-order valence-electron chi connectivity index (χ3n) is 4.22. The average Bonchev–Trinajstić information content (AvgIpc) is 2.45. The third-order valence-corrected chi connectivity index (χ3v) is 4.22. The van der Waals surface area contributed by atoms with Crippen molar-refractivity contribution >= 4 is 12.1 Å². The zero-order valence-electron chi connectivity index (χ0n) is 17.4. The Morgan fingerprint density at radius 2 is 1.42 bits per heavy atom. The van der Waals surface area contributed by atoms with E-state index in [4.69, 9.17) is 19.3 Å². The van der Waals surface area contributed by atoms with Gasteiger partial charge in [-0.2, -0.15) is 0 Å². The number of nitrogens with one attached hydrogen (secondary N) is 1. The Kier molecular flexibility index (Phi) is 10.2. The Labute approximate surface area is 157 Å². The van der Waals surface area contributed by atoms with E-state index in [1.165, 1.54) is 0 Å². The summed E-state index contributed by atoms with van der Waals surface area (Å²) >= 11 is 0. The molecule has 154 valence electrons. The fourth-order valence-corrected chi connectivity index (χ4v) is 1.96. The number of amides is 1. The van der Waals surface area contributed by atoms with E-state index in [-0.39, 0.29) is 13.0 Å². The molecule has 0 aromatic heterocycles. The molecule has 0 bridgehead atoms. The first-order chi connectivity index (χ1) is 11.8.